The molecule has 0 fully saturated rings. The topological polar surface area (TPSA) is 25.8 Å². The van der Waals surface area contributed by atoms with Gasteiger partial charge in [-0.1, -0.05) is 97.1 Å². The largest absolute Gasteiger partial charge is 0.256 e. The number of hydrogen-bond acceptors (Lipinski definition) is 2. The highest BCUT2D eigenvalue weighted by atomic mass is 14.7. The molecule has 150 valence electrons. The van der Waals surface area contributed by atoms with Gasteiger partial charge in [0.05, 0.1) is 16.9 Å². The zero-order valence-electron chi connectivity index (χ0n) is 17.4. The third-order valence-electron chi connectivity index (χ3n) is 5.94. The summed E-state index contributed by atoms with van der Waals surface area (Å²) in [6.45, 7) is 0. The summed E-state index contributed by atoms with van der Waals surface area (Å²) in [6.07, 6.45) is 6.07. The molecule has 0 unspecified atom stereocenters. The first kappa shape index (κ1) is 18.5. The Bertz CT molecular complexity index is 1620. The number of nitrogens with zero attached hydrogens (tertiary/aromatic N) is 2. The van der Waals surface area contributed by atoms with Crippen molar-refractivity contribution in [1.82, 2.24) is 9.97 Å². The lowest BCUT2D eigenvalue weighted by molar-refractivity contribution is 1.33. The summed E-state index contributed by atoms with van der Waals surface area (Å²) in [6, 6.07) is 35.8. The summed E-state index contributed by atoms with van der Waals surface area (Å²) < 4.78 is 0. The zero-order valence-corrected chi connectivity index (χ0v) is 17.4. The van der Waals surface area contributed by atoms with Gasteiger partial charge in [0.1, 0.15) is 0 Å². The number of fused-ring (bicyclic) bond motifs is 3. The predicted molar refractivity (Wildman–Crippen MR) is 135 cm³/mol. The smallest absolute Gasteiger partial charge is 0.0781 e. The molecule has 0 amide bonds. The van der Waals surface area contributed by atoms with Gasteiger partial charge in [-0.2, -0.15) is 0 Å². The number of rotatable bonds is 3. The van der Waals surface area contributed by atoms with Gasteiger partial charge in [-0.15, -0.1) is 0 Å². The van der Waals surface area contributed by atoms with Crippen LogP contribution in [0.1, 0.15) is 11.3 Å². The van der Waals surface area contributed by atoms with Crippen LogP contribution in [0.3, 0.4) is 0 Å². The molecule has 0 spiro atoms. The van der Waals surface area contributed by atoms with Crippen molar-refractivity contribution in [3.05, 3.63) is 121 Å². The van der Waals surface area contributed by atoms with Crippen molar-refractivity contribution in [1.29, 1.82) is 0 Å². The number of benzene rings is 4. The molecule has 6 rings (SSSR count). The van der Waals surface area contributed by atoms with Crippen LogP contribution in [-0.4, -0.2) is 9.97 Å². The minimum Gasteiger partial charge on any atom is -0.256 e. The molecule has 0 N–H and O–H groups in total. The van der Waals surface area contributed by atoms with Crippen molar-refractivity contribution < 1.29 is 0 Å². The molecule has 32 heavy (non-hydrogen) atoms. The van der Waals surface area contributed by atoms with Crippen molar-refractivity contribution in [2.45, 2.75) is 0 Å². The van der Waals surface area contributed by atoms with E-state index in [9.17, 15) is 0 Å². The van der Waals surface area contributed by atoms with Crippen LogP contribution in [0.4, 0.5) is 0 Å². The number of aromatic nitrogens is 2. The first-order valence-electron chi connectivity index (χ1n) is 10.8. The van der Waals surface area contributed by atoms with Gasteiger partial charge in [0, 0.05) is 28.1 Å². The van der Waals surface area contributed by atoms with Crippen LogP contribution in [0.5, 0.6) is 0 Å². The Morgan fingerprint density at radius 1 is 0.531 bits per heavy atom. The SMILES string of the molecule is C(=Cc1cccc2ccc(-c3cccc4ccccc34)nc12)c1nccc2ccccc12. The van der Waals surface area contributed by atoms with Crippen molar-refractivity contribution in [3.63, 3.8) is 0 Å². The Morgan fingerprint density at radius 2 is 1.25 bits per heavy atom. The fourth-order valence-corrected chi connectivity index (χ4v) is 4.35. The molecule has 2 nitrogen and oxygen atoms in total. The third kappa shape index (κ3) is 3.23. The molecule has 0 aliphatic carbocycles. The van der Waals surface area contributed by atoms with E-state index in [1.54, 1.807) is 0 Å². The summed E-state index contributed by atoms with van der Waals surface area (Å²) in [5.74, 6) is 0. The van der Waals surface area contributed by atoms with Gasteiger partial charge in [0.2, 0.25) is 0 Å². The second-order valence-electron chi connectivity index (χ2n) is 7.89. The average molecular weight is 409 g/mol. The van der Waals surface area contributed by atoms with Crippen LogP contribution in [0.2, 0.25) is 0 Å². The number of pyridine rings is 2. The second-order valence-corrected chi connectivity index (χ2v) is 7.89. The Balaban J connectivity index is 1.49. The standard InChI is InChI=1S/C30H20N2/c1-3-12-25-21(7-1)9-6-14-27(25)29-18-16-24-11-5-10-23(30(24)32-29)15-17-28-26-13-4-2-8-22(26)19-20-31-28/h1-20H. The van der Waals surface area contributed by atoms with Gasteiger partial charge in [0.15, 0.2) is 0 Å². The van der Waals surface area contributed by atoms with E-state index in [1.165, 1.54) is 16.2 Å². The maximum absolute atomic E-state index is 5.10. The number of hydrogen-bond donors (Lipinski definition) is 0. The van der Waals surface area contributed by atoms with E-state index in [0.717, 1.165) is 38.8 Å². The highest BCUT2D eigenvalue weighted by Gasteiger charge is 2.08. The summed E-state index contributed by atoms with van der Waals surface area (Å²) in [4.78, 5) is 9.69. The minimum absolute atomic E-state index is 0.963. The average Bonchev–Trinajstić information content (AvgIpc) is 2.87. The maximum atomic E-state index is 5.10. The molecule has 0 radical (unpaired) electrons. The molecule has 0 aliphatic heterocycles. The Kier molecular flexibility index (Phi) is 4.47. The lowest BCUT2D eigenvalue weighted by Gasteiger charge is -2.09. The second kappa shape index (κ2) is 7.75. The Hall–Kier alpha value is -4.30. The molecular formula is C30H20N2. The molecule has 4 aromatic carbocycles. The summed E-state index contributed by atoms with van der Waals surface area (Å²) in [7, 11) is 0. The van der Waals surface area contributed by atoms with Crippen molar-refractivity contribution in [2.75, 3.05) is 0 Å². The van der Waals surface area contributed by atoms with E-state index >= 15 is 0 Å². The van der Waals surface area contributed by atoms with Gasteiger partial charge < -0.3 is 0 Å². The molecule has 2 heteroatoms. The molecule has 6 aromatic rings. The van der Waals surface area contributed by atoms with E-state index in [1.807, 2.05) is 12.3 Å². The van der Waals surface area contributed by atoms with Gasteiger partial charge in [-0.3, -0.25) is 4.98 Å². The third-order valence-corrected chi connectivity index (χ3v) is 5.94. The van der Waals surface area contributed by atoms with Crippen molar-refractivity contribution in [2.24, 2.45) is 0 Å². The van der Waals surface area contributed by atoms with Crippen LogP contribution in [0, 0.1) is 0 Å². The van der Waals surface area contributed by atoms with Gasteiger partial charge >= 0.3 is 0 Å². The normalized spacial score (nSPS) is 11.6. The van der Waals surface area contributed by atoms with Crippen molar-refractivity contribution >= 4 is 44.6 Å². The maximum Gasteiger partial charge on any atom is 0.0781 e. The highest BCUT2D eigenvalue weighted by molar-refractivity contribution is 5.98. The van der Waals surface area contributed by atoms with E-state index in [2.05, 4.69) is 114 Å². The quantitative estimate of drug-likeness (QED) is 0.299. The highest BCUT2D eigenvalue weighted by Crippen LogP contribution is 2.30. The lowest BCUT2D eigenvalue weighted by atomic mass is 10.0. The fourth-order valence-electron chi connectivity index (χ4n) is 4.35. The molecule has 0 atom stereocenters. The Morgan fingerprint density at radius 3 is 2.16 bits per heavy atom. The number of para-hydroxylation sites is 1. The molecule has 0 bridgehead atoms. The minimum atomic E-state index is 0.963. The lowest BCUT2D eigenvalue weighted by Crippen LogP contribution is -1.89. The monoisotopic (exact) mass is 408 g/mol. The van der Waals surface area contributed by atoms with Crippen molar-refractivity contribution in [3.8, 4) is 11.3 Å². The van der Waals surface area contributed by atoms with E-state index in [-0.39, 0.29) is 0 Å². The van der Waals surface area contributed by atoms with Crippen LogP contribution < -0.4 is 0 Å². The zero-order chi connectivity index (χ0) is 21.3. The summed E-state index contributed by atoms with van der Waals surface area (Å²) in [5.41, 5.74) is 5.18. The Labute approximate surface area is 186 Å². The predicted octanol–water partition coefficient (Wildman–Crippen LogP) is 7.77. The van der Waals surface area contributed by atoms with E-state index < -0.39 is 0 Å². The van der Waals surface area contributed by atoms with Crippen LogP contribution >= 0.6 is 0 Å². The molecule has 2 heterocycles. The summed E-state index contributed by atoms with van der Waals surface area (Å²) >= 11 is 0. The van der Waals surface area contributed by atoms with E-state index in [4.69, 9.17) is 4.98 Å². The molecule has 0 saturated carbocycles. The first-order chi connectivity index (χ1) is 15.9. The fraction of sp³-hybridized carbons (Fsp3) is 0. The molecule has 0 aliphatic rings. The summed E-state index contributed by atoms with van der Waals surface area (Å²) in [5, 5.41) is 5.91. The van der Waals surface area contributed by atoms with Crippen LogP contribution in [0.15, 0.2) is 109 Å². The van der Waals surface area contributed by atoms with E-state index in [0.29, 0.717) is 0 Å². The van der Waals surface area contributed by atoms with Gasteiger partial charge in [0.25, 0.3) is 0 Å². The van der Waals surface area contributed by atoms with Crippen LogP contribution in [0.25, 0.3) is 55.9 Å². The molecular weight excluding hydrogens is 388 g/mol. The molecule has 0 saturated heterocycles. The van der Waals surface area contributed by atoms with Gasteiger partial charge in [-0.25, -0.2) is 4.98 Å². The first-order valence-corrected chi connectivity index (χ1v) is 10.8. The van der Waals surface area contributed by atoms with Crippen LogP contribution in [-0.2, 0) is 0 Å². The van der Waals surface area contributed by atoms with Gasteiger partial charge in [-0.05, 0) is 34.4 Å². The molecule has 2 aromatic heterocycles.